The molecule has 0 saturated carbocycles. The van der Waals surface area contributed by atoms with Crippen LogP contribution in [-0.2, 0) is 19.2 Å². The van der Waals surface area contributed by atoms with Gasteiger partial charge in [-0.3, -0.25) is 14.4 Å². The second-order valence-electron chi connectivity index (χ2n) is 10.4. The SMILES string of the molecule is CCCCCCCCCCCCCCCCCC(=O)N[C@@H](CC([C]=O)C(=O)[C@@H](N)CCCCN)C(=O)O. The Balaban J connectivity index is 4.00. The Hall–Kier alpha value is -1.80. The van der Waals surface area contributed by atoms with E-state index in [9.17, 15) is 24.3 Å². The monoisotopic (exact) mass is 524 g/mol. The first-order chi connectivity index (χ1) is 17.9. The van der Waals surface area contributed by atoms with Crippen LogP contribution in [0.4, 0.5) is 0 Å². The summed E-state index contributed by atoms with van der Waals surface area (Å²) >= 11 is 0. The van der Waals surface area contributed by atoms with E-state index in [-0.39, 0.29) is 18.7 Å². The molecule has 0 rings (SSSR count). The van der Waals surface area contributed by atoms with Gasteiger partial charge in [-0.05, 0) is 32.2 Å². The minimum absolute atomic E-state index is 0.226. The summed E-state index contributed by atoms with van der Waals surface area (Å²) in [5.74, 6) is -3.49. The minimum atomic E-state index is -1.32. The predicted molar refractivity (Wildman–Crippen MR) is 149 cm³/mol. The molecule has 0 aliphatic rings. The van der Waals surface area contributed by atoms with Gasteiger partial charge in [0.2, 0.25) is 12.2 Å². The average Bonchev–Trinajstić information content (AvgIpc) is 2.88. The Morgan fingerprint density at radius 2 is 1.27 bits per heavy atom. The molecule has 0 bridgehead atoms. The maximum Gasteiger partial charge on any atom is 0.326 e. The van der Waals surface area contributed by atoms with E-state index in [0.29, 0.717) is 32.2 Å². The van der Waals surface area contributed by atoms with Crippen LogP contribution in [0.3, 0.4) is 0 Å². The second-order valence-corrected chi connectivity index (χ2v) is 10.4. The Kier molecular flexibility index (Phi) is 23.3. The van der Waals surface area contributed by atoms with Crippen LogP contribution >= 0.6 is 0 Å². The predicted octanol–water partition coefficient (Wildman–Crippen LogP) is 4.96. The molecule has 0 fully saturated rings. The first-order valence-electron chi connectivity index (χ1n) is 14.8. The van der Waals surface area contributed by atoms with Gasteiger partial charge >= 0.3 is 5.97 Å². The lowest BCUT2D eigenvalue weighted by atomic mass is 9.90. The molecule has 215 valence electrons. The third kappa shape index (κ3) is 19.9. The molecule has 0 saturated heterocycles. The zero-order valence-electron chi connectivity index (χ0n) is 23.3. The highest BCUT2D eigenvalue weighted by atomic mass is 16.4. The van der Waals surface area contributed by atoms with Crippen LogP contribution in [0.25, 0.3) is 0 Å². The Morgan fingerprint density at radius 1 is 0.784 bits per heavy atom. The molecule has 1 unspecified atom stereocenters. The molecule has 0 aliphatic carbocycles. The van der Waals surface area contributed by atoms with Gasteiger partial charge < -0.3 is 21.9 Å². The molecule has 6 N–H and O–H groups in total. The number of nitrogens with one attached hydrogen (secondary N) is 1. The van der Waals surface area contributed by atoms with Gasteiger partial charge in [-0.25, -0.2) is 4.79 Å². The Labute approximate surface area is 225 Å². The molecule has 8 nitrogen and oxygen atoms in total. The van der Waals surface area contributed by atoms with E-state index in [1.54, 1.807) is 6.29 Å². The quantitative estimate of drug-likeness (QED) is 0.0875. The number of carbonyl (C=O) groups excluding carboxylic acids is 3. The molecule has 8 heteroatoms. The molecule has 0 aromatic rings. The number of carboxylic acids is 1. The molecule has 0 heterocycles. The molecule has 37 heavy (non-hydrogen) atoms. The summed E-state index contributed by atoms with van der Waals surface area (Å²) in [7, 11) is 0. The lowest BCUT2D eigenvalue weighted by Gasteiger charge is -2.19. The van der Waals surface area contributed by atoms with Crippen molar-refractivity contribution in [3.63, 3.8) is 0 Å². The number of amides is 1. The number of rotatable bonds is 27. The largest absolute Gasteiger partial charge is 0.480 e. The van der Waals surface area contributed by atoms with Crippen molar-refractivity contribution in [2.75, 3.05) is 6.54 Å². The van der Waals surface area contributed by atoms with Crippen molar-refractivity contribution in [1.82, 2.24) is 5.32 Å². The minimum Gasteiger partial charge on any atom is -0.480 e. The van der Waals surface area contributed by atoms with Gasteiger partial charge in [0.1, 0.15) is 6.04 Å². The lowest BCUT2D eigenvalue weighted by Crippen LogP contribution is -2.45. The molecule has 0 aromatic carbocycles. The highest BCUT2D eigenvalue weighted by Gasteiger charge is 2.31. The normalized spacial score (nSPS) is 13.6. The van der Waals surface area contributed by atoms with Crippen molar-refractivity contribution in [3.8, 4) is 0 Å². The Bertz CT molecular complexity index is 614. The number of carbonyl (C=O) groups is 3. The number of unbranched alkanes of at least 4 members (excludes halogenated alkanes) is 15. The third-order valence-electron chi connectivity index (χ3n) is 6.93. The maximum atomic E-state index is 12.4. The van der Waals surface area contributed by atoms with E-state index in [1.165, 1.54) is 70.6 Å². The van der Waals surface area contributed by atoms with Crippen molar-refractivity contribution in [2.45, 2.75) is 147 Å². The van der Waals surface area contributed by atoms with Gasteiger partial charge in [0.25, 0.3) is 0 Å². The molecule has 0 aliphatic heterocycles. The highest BCUT2D eigenvalue weighted by molar-refractivity contribution is 5.97. The summed E-state index contributed by atoms with van der Waals surface area (Å²) < 4.78 is 0. The van der Waals surface area contributed by atoms with Gasteiger partial charge in [-0.1, -0.05) is 103 Å². The number of ketones is 1. The van der Waals surface area contributed by atoms with Crippen molar-refractivity contribution in [2.24, 2.45) is 17.4 Å². The maximum absolute atomic E-state index is 12.4. The summed E-state index contributed by atoms with van der Waals surface area (Å²) in [6.07, 6.45) is 21.7. The molecule has 3 atom stereocenters. The molecular weight excluding hydrogens is 470 g/mol. The van der Waals surface area contributed by atoms with Crippen LogP contribution < -0.4 is 16.8 Å². The van der Waals surface area contributed by atoms with Crippen LogP contribution in [0.5, 0.6) is 0 Å². The fourth-order valence-electron chi connectivity index (χ4n) is 4.51. The zero-order valence-corrected chi connectivity index (χ0v) is 23.3. The van der Waals surface area contributed by atoms with Crippen molar-refractivity contribution in [3.05, 3.63) is 0 Å². The molecular formula is C29H54N3O5. The van der Waals surface area contributed by atoms with Gasteiger partial charge in [0.05, 0.1) is 12.0 Å². The summed E-state index contributed by atoms with van der Waals surface area (Å²) in [5, 5.41) is 11.9. The summed E-state index contributed by atoms with van der Waals surface area (Å²) in [6, 6.07) is -2.20. The summed E-state index contributed by atoms with van der Waals surface area (Å²) in [5.41, 5.74) is 11.3. The van der Waals surface area contributed by atoms with Crippen LogP contribution in [0.2, 0.25) is 0 Å². The van der Waals surface area contributed by atoms with Gasteiger partial charge in [-0.15, -0.1) is 0 Å². The fraction of sp³-hybridized carbons (Fsp3) is 0.862. The number of nitrogens with two attached hydrogens (primary N) is 2. The van der Waals surface area contributed by atoms with E-state index in [1.807, 2.05) is 0 Å². The molecule has 0 spiro atoms. The van der Waals surface area contributed by atoms with E-state index in [0.717, 1.165) is 19.3 Å². The average molecular weight is 525 g/mol. The van der Waals surface area contributed by atoms with Crippen LogP contribution in [0.1, 0.15) is 135 Å². The number of aliphatic carboxylic acids is 1. The van der Waals surface area contributed by atoms with E-state index < -0.39 is 29.8 Å². The number of Topliss-reactive ketones (excluding diaryl/α,β-unsaturated/α-hetero) is 1. The topological polar surface area (TPSA) is 153 Å². The van der Waals surface area contributed by atoms with Crippen LogP contribution in [0, 0.1) is 5.92 Å². The lowest BCUT2D eigenvalue weighted by molar-refractivity contribution is -0.142. The summed E-state index contributed by atoms with van der Waals surface area (Å²) in [6.45, 7) is 2.73. The number of hydrogen-bond acceptors (Lipinski definition) is 6. The van der Waals surface area contributed by atoms with Crippen molar-refractivity contribution >= 4 is 23.9 Å². The van der Waals surface area contributed by atoms with Crippen LogP contribution in [-0.4, -0.2) is 47.7 Å². The van der Waals surface area contributed by atoms with Gasteiger partial charge in [0, 0.05) is 6.42 Å². The van der Waals surface area contributed by atoms with E-state index >= 15 is 0 Å². The second kappa shape index (κ2) is 24.5. The van der Waals surface area contributed by atoms with E-state index in [2.05, 4.69) is 12.2 Å². The van der Waals surface area contributed by atoms with Crippen molar-refractivity contribution in [1.29, 1.82) is 0 Å². The molecule has 1 radical (unpaired) electrons. The van der Waals surface area contributed by atoms with E-state index in [4.69, 9.17) is 11.5 Å². The molecule has 0 aromatic heterocycles. The summed E-state index contributed by atoms with van der Waals surface area (Å²) in [4.78, 5) is 47.6. The van der Waals surface area contributed by atoms with Gasteiger partial charge in [0.15, 0.2) is 5.78 Å². The first kappa shape index (κ1) is 35.2. The van der Waals surface area contributed by atoms with Crippen LogP contribution in [0.15, 0.2) is 0 Å². The highest BCUT2D eigenvalue weighted by Crippen LogP contribution is 2.15. The zero-order chi connectivity index (χ0) is 27.7. The Morgan fingerprint density at radius 3 is 1.70 bits per heavy atom. The number of carboxylic acid groups (broad SMARTS) is 1. The first-order valence-corrected chi connectivity index (χ1v) is 14.8. The number of hydrogen-bond donors (Lipinski definition) is 4. The van der Waals surface area contributed by atoms with Crippen molar-refractivity contribution < 1.29 is 24.3 Å². The smallest absolute Gasteiger partial charge is 0.326 e. The standard InChI is InChI=1S/C29H54N3O5/c1-2-3-4-5-6-7-8-9-10-11-12-13-14-15-16-20-27(34)32-26(29(36)37)22-24(23-33)28(35)25(31)19-17-18-21-30/h24-26H,2-22,30-31H2,1H3,(H,32,34)(H,36,37)/t24?,25-,26-/m0/s1. The third-order valence-corrected chi connectivity index (χ3v) is 6.93. The fourth-order valence-corrected chi connectivity index (χ4v) is 4.51. The van der Waals surface area contributed by atoms with Gasteiger partial charge in [-0.2, -0.15) is 0 Å². The molecule has 1 amide bonds.